The first kappa shape index (κ1) is 62.6. The zero-order chi connectivity index (χ0) is 57.9. The summed E-state index contributed by atoms with van der Waals surface area (Å²) in [5.41, 5.74) is 1.19. The van der Waals surface area contributed by atoms with Crippen LogP contribution in [0.25, 0.3) is 0 Å². The lowest BCUT2D eigenvalue weighted by Gasteiger charge is -2.32. The van der Waals surface area contributed by atoms with Crippen molar-refractivity contribution in [2.45, 2.75) is 124 Å². The van der Waals surface area contributed by atoms with E-state index in [1.807, 2.05) is 47.6 Å². The maximum absolute atomic E-state index is 13.4. The minimum absolute atomic E-state index is 0.0116. The van der Waals surface area contributed by atoms with Gasteiger partial charge in [-0.1, -0.05) is 61.5 Å². The highest BCUT2D eigenvalue weighted by Crippen LogP contribution is 2.33. The number of nitrogens with zero attached hydrogens (tertiary/aromatic N) is 6. The van der Waals surface area contributed by atoms with Gasteiger partial charge in [-0.2, -0.15) is 0 Å². The number of likely N-dealkylation sites (N-methyl/N-ethyl adjacent to an activating group) is 2. The smallest absolute Gasteiger partial charge is 0.409 e. The second-order valence-corrected chi connectivity index (χ2v) is 22.1. The fraction of sp³-hybridized carbons (Fsp3) is 0.589. The van der Waals surface area contributed by atoms with E-state index in [-0.39, 0.29) is 86.4 Å². The maximum atomic E-state index is 13.4. The van der Waals surface area contributed by atoms with E-state index in [9.17, 15) is 43.2 Å². The predicted molar refractivity (Wildman–Crippen MR) is 291 cm³/mol. The average molecular weight is 1100 g/mol. The van der Waals surface area contributed by atoms with Gasteiger partial charge in [-0.25, -0.2) is 9.48 Å². The summed E-state index contributed by atoms with van der Waals surface area (Å²) in [5.74, 6) is -2.63. The molecule has 1 aromatic heterocycles. The number of aromatic nitrogens is 3. The SMILES string of the molecule is CC(=O)N(C)CCN(C)C(=O)OCc1ccc(NC(=O)CNC(=O)C(Cc2ccccc2)NC(=O)COCC(=O)NCCC(C)(C)OCC(C)(C)n2cc(CNC(=O)C3CCC(CN4C(=O)CC(C(C)C)C4=O)CC3)nn2)cc1. The summed E-state index contributed by atoms with van der Waals surface area (Å²) in [6, 6.07) is 14.5. The van der Waals surface area contributed by atoms with Crippen molar-refractivity contribution in [2.75, 3.05) is 72.0 Å². The summed E-state index contributed by atoms with van der Waals surface area (Å²) >= 11 is 0. The molecule has 0 spiro atoms. The lowest BCUT2D eigenvalue weighted by molar-refractivity contribution is -0.141. The number of carbonyl (C=O) groups excluding carboxylic acids is 9. The van der Waals surface area contributed by atoms with Gasteiger partial charge >= 0.3 is 6.09 Å². The van der Waals surface area contributed by atoms with E-state index in [0.717, 1.165) is 18.4 Å². The molecule has 1 saturated heterocycles. The highest BCUT2D eigenvalue weighted by atomic mass is 16.6. The van der Waals surface area contributed by atoms with Crippen LogP contribution in [-0.2, 0) is 77.7 Å². The molecule has 5 N–H and O–H groups in total. The Bertz CT molecular complexity index is 2560. The van der Waals surface area contributed by atoms with Crippen molar-refractivity contribution in [3.05, 3.63) is 77.6 Å². The highest BCUT2D eigenvalue weighted by molar-refractivity contribution is 6.03. The number of benzene rings is 2. The molecule has 2 fully saturated rings. The summed E-state index contributed by atoms with van der Waals surface area (Å²) in [7, 11) is 3.22. The van der Waals surface area contributed by atoms with Gasteiger partial charge in [-0.05, 0) is 94.9 Å². The van der Waals surface area contributed by atoms with Gasteiger partial charge < -0.3 is 50.6 Å². The normalized spacial score (nSPS) is 16.9. The fourth-order valence-corrected chi connectivity index (χ4v) is 8.86. The van der Waals surface area contributed by atoms with Gasteiger partial charge in [0, 0.05) is 77.6 Å². The molecule has 432 valence electrons. The Morgan fingerprint density at radius 1 is 0.810 bits per heavy atom. The van der Waals surface area contributed by atoms with Crippen LogP contribution in [0.1, 0.15) is 104 Å². The van der Waals surface area contributed by atoms with E-state index >= 15 is 0 Å². The molecule has 2 aromatic carbocycles. The topological polar surface area (TPSA) is 282 Å². The van der Waals surface area contributed by atoms with Crippen LogP contribution in [0, 0.1) is 23.7 Å². The predicted octanol–water partition coefficient (Wildman–Crippen LogP) is 3.31. The van der Waals surface area contributed by atoms with Crippen LogP contribution in [0.2, 0.25) is 0 Å². The molecule has 1 aliphatic carbocycles. The molecule has 5 rings (SSSR count). The van der Waals surface area contributed by atoms with E-state index in [0.29, 0.717) is 55.8 Å². The van der Waals surface area contributed by atoms with Crippen LogP contribution in [0.3, 0.4) is 0 Å². The molecule has 2 unspecified atom stereocenters. The first-order valence-electron chi connectivity index (χ1n) is 27.0. The van der Waals surface area contributed by atoms with Gasteiger partial charge in [-0.3, -0.25) is 43.3 Å². The number of rotatable bonds is 29. The number of anilines is 1. The standard InChI is InChI=1S/C56H81N11O12/c1-37(2)45-28-50(72)66(53(45)75)31-40-15-19-42(20-16-40)51(73)58-29-44-32-67(63-62-44)55(4,5)36-79-56(6,7)23-24-57-48(70)34-77-35-49(71)61-46(27-39-13-11-10-12-14-39)52(74)59-30-47(69)60-43-21-17-41(18-22-43)33-78-54(76)65(9)26-25-64(8)38(3)68/h10-14,17-18,21-22,32,37,40,42,45-46H,15-16,19-20,23-31,33-36H2,1-9H3,(H,57,70)(H,58,73)(H,59,74)(H,60,69)(H,61,71). The molecular formula is C56H81N11O12. The number of ether oxygens (including phenoxy) is 3. The number of hydrogen-bond acceptors (Lipinski definition) is 14. The molecule has 3 aromatic rings. The molecule has 23 nitrogen and oxygen atoms in total. The van der Waals surface area contributed by atoms with E-state index in [4.69, 9.17) is 14.2 Å². The largest absolute Gasteiger partial charge is 0.445 e. The third-order valence-electron chi connectivity index (χ3n) is 14.3. The van der Waals surface area contributed by atoms with E-state index in [1.54, 1.807) is 73.5 Å². The molecular weight excluding hydrogens is 1020 g/mol. The fourth-order valence-electron chi connectivity index (χ4n) is 8.86. The third kappa shape index (κ3) is 20.5. The molecule has 2 aliphatic rings. The zero-order valence-corrected chi connectivity index (χ0v) is 47.3. The molecule has 23 heteroatoms. The number of amides is 9. The van der Waals surface area contributed by atoms with Crippen LogP contribution < -0.4 is 26.6 Å². The number of hydrogen-bond donors (Lipinski definition) is 5. The third-order valence-corrected chi connectivity index (χ3v) is 14.3. The van der Waals surface area contributed by atoms with E-state index in [1.165, 1.54) is 21.6 Å². The summed E-state index contributed by atoms with van der Waals surface area (Å²) in [5, 5.41) is 22.3. The van der Waals surface area contributed by atoms with Crippen LogP contribution in [0.5, 0.6) is 0 Å². The minimum Gasteiger partial charge on any atom is -0.445 e. The molecule has 0 radical (unpaired) electrons. The summed E-state index contributed by atoms with van der Waals surface area (Å²) in [6.07, 6.45) is 4.99. The van der Waals surface area contributed by atoms with Gasteiger partial charge in [0.25, 0.3) is 0 Å². The molecule has 0 bridgehead atoms. The molecule has 1 saturated carbocycles. The Morgan fingerprint density at radius 2 is 1.48 bits per heavy atom. The quantitative estimate of drug-likeness (QED) is 0.0624. The van der Waals surface area contributed by atoms with Gasteiger partial charge in [0.05, 0.1) is 37.0 Å². The first-order valence-corrected chi connectivity index (χ1v) is 27.0. The number of imide groups is 1. The summed E-state index contributed by atoms with van der Waals surface area (Å²) < 4.78 is 18.7. The Hall–Kier alpha value is -7.27. The van der Waals surface area contributed by atoms with Crippen molar-refractivity contribution in [1.82, 2.24) is 51.0 Å². The van der Waals surface area contributed by atoms with Crippen molar-refractivity contribution in [1.29, 1.82) is 0 Å². The second-order valence-electron chi connectivity index (χ2n) is 22.1. The van der Waals surface area contributed by atoms with Crippen molar-refractivity contribution < 1.29 is 57.4 Å². The summed E-state index contributed by atoms with van der Waals surface area (Å²) in [4.78, 5) is 118. The Labute approximate surface area is 462 Å². The Morgan fingerprint density at radius 3 is 2.14 bits per heavy atom. The van der Waals surface area contributed by atoms with Gasteiger partial charge in [-0.15, -0.1) is 5.10 Å². The Balaban J connectivity index is 0.960. The number of likely N-dealkylation sites (tertiary alicyclic amines) is 1. The number of carbonyl (C=O) groups is 9. The molecule has 9 amide bonds. The molecule has 2 heterocycles. The molecule has 1 aliphatic heterocycles. The van der Waals surface area contributed by atoms with Gasteiger partial charge in [0.15, 0.2) is 0 Å². The van der Waals surface area contributed by atoms with Crippen LogP contribution in [0.4, 0.5) is 10.5 Å². The maximum Gasteiger partial charge on any atom is 0.409 e. The van der Waals surface area contributed by atoms with Crippen molar-refractivity contribution in [3.63, 3.8) is 0 Å². The van der Waals surface area contributed by atoms with E-state index < -0.39 is 66.7 Å². The van der Waals surface area contributed by atoms with Crippen LogP contribution in [-0.4, -0.2) is 161 Å². The average Bonchev–Trinajstić information content (AvgIpc) is 4.13. The minimum atomic E-state index is -1.07. The lowest BCUT2D eigenvalue weighted by Crippen LogP contribution is -2.50. The highest BCUT2D eigenvalue weighted by Gasteiger charge is 2.41. The second kappa shape index (κ2) is 29.6. The molecule has 79 heavy (non-hydrogen) atoms. The van der Waals surface area contributed by atoms with Crippen molar-refractivity contribution >= 4 is 59.0 Å². The lowest BCUT2D eigenvalue weighted by atomic mass is 9.81. The van der Waals surface area contributed by atoms with Crippen LogP contribution in [0.15, 0.2) is 60.8 Å². The first-order chi connectivity index (χ1) is 37.4. The van der Waals surface area contributed by atoms with Crippen LogP contribution >= 0.6 is 0 Å². The van der Waals surface area contributed by atoms with Gasteiger partial charge in [0.1, 0.15) is 31.6 Å². The monoisotopic (exact) mass is 1100 g/mol. The summed E-state index contributed by atoms with van der Waals surface area (Å²) in [6.45, 7) is 13.6. The Kier molecular flexibility index (Phi) is 23.5. The zero-order valence-electron chi connectivity index (χ0n) is 47.3. The van der Waals surface area contributed by atoms with E-state index in [2.05, 4.69) is 36.9 Å². The molecule has 2 atom stereocenters. The van der Waals surface area contributed by atoms with Gasteiger partial charge in [0.2, 0.25) is 47.3 Å². The number of nitrogens with one attached hydrogen (secondary N) is 5. The van der Waals surface area contributed by atoms with Crippen molar-refractivity contribution in [2.24, 2.45) is 23.7 Å². The van der Waals surface area contributed by atoms with Crippen molar-refractivity contribution in [3.8, 4) is 0 Å².